The van der Waals surface area contributed by atoms with E-state index in [4.69, 9.17) is 0 Å². The summed E-state index contributed by atoms with van der Waals surface area (Å²) in [4.78, 5) is 12.4. The van der Waals surface area contributed by atoms with E-state index in [1.54, 1.807) is 0 Å². The zero-order valence-electron chi connectivity index (χ0n) is 12.5. The van der Waals surface area contributed by atoms with E-state index < -0.39 is 0 Å². The molecule has 0 aliphatic heterocycles. The maximum absolute atomic E-state index is 12.4. The lowest BCUT2D eigenvalue weighted by Gasteiger charge is -2.28. The Morgan fingerprint density at radius 2 is 1.35 bits per heavy atom. The topological polar surface area (TPSA) is 37.3 Å². The fourth-order valence-electron chi connectivity index (χ4n) is 1.58. The molecule has 0 rings (SSSR count). The molecule has 0 spiro atoms. The van der Waals surface area contributed by atoms with Gasteiger partial charge in [0.2, 0.25) is 0 Å². The van der Waals surface area contributed by atoms with Crippen molar-refractivity contribution in [1.82, 2.24) is 0 Å². The standard InChI is InChI=1S/C15H28O2/c1-8-11(12(16)14(4,5)9-2)13(17)15(6,7)10-3/h16H,8-10H2,1-7H3. The second-order valence-electron chi connectivity index (χ2n) is 5.98. The van der Waals surface area contributed by atoms with E-state index in [1.807, 2.05) is 48.5 Å². The van der Waals surface area contributed by atoms with E-state index in [9.17, 15) is 9.90 Å². The third kappa shape index (κ3) is 3.58. The van der Waals surface area contributed by atoms with Gasteiger partial charge in [-0.1, -0.05) is 48.5 Å². The van der Waals surface area contributed by atoms with Gasteiger partial charge < -0.3 is 5.11 Å². The van der Waals surface area contributed by atoms with Gasteiger partial charge in [-0.15, -0.1) is 0 Å². The third-order valence-corrected chi connectivity index (χ3v) is 3.94. The van der Waals surface area contributed by atoms with Gasteiger partial charge in [-0.05, 0) is 19.3 Å². The lowest BCUT2D eigenvalue weighted by molar-refractivity contribution is -0.123. The highest BCUT2D eigenvalue weighted by molar-refractivity contribution is 5.99. The van der Waals surface area contributed by atoms with Crippen LogP contribution >= 0.6 is 0 Å². The van der Waals surface area contributed by atoms with Crippen molar-refractivity contribution in [3.05, 3.63) is 11.3 Å². The first-order valence-corrected chi connectivity index (χ1v) is 6.61. The number of aliphatic hydroxyl groups is 1. The molecular weight excluding hydrogens is 212 g/mol. The lowest BCUT2D eigenvalue weighted by atomic mass is 9.77. The summed E-state index contributed by atoms with van der Waals surface area (Å²) in [5.74, 6) is 0.357. The number of Topliss-reactive ketones (excluding diaryl/α,β-unsaturated/α-hetero) is 1. The maximum atomic E-state index is 12.4. The predicted molar refractivity (Wildman–Crippen MR) is 73.1 cm³/mol. The number of hydrogen-bond donors (Lipinski definition) is 1. The molecule has 2 nitrogen and oxygen atoms in total. The number of hydrogen-bond acceptors (Lipinski definition) is 2. The number of rotatable bonds is 6. The molecule has 0 aromatic rings. The van der Waals surface area contributed by atoms with Gasteiger partial charge in [-0.25, -0.2) is 0 Å². The van der Waals surface area contributed by atoms with Gasteiger partial charge in [0.25, 0.3) is 0 Å². The summed E-state index contributed by atoms with van der Waals surface area (Å²) in [7, 11) is 0. The molecule has 0 bridgehead atoms. The average molecular weight is 240 g/mol. The van der Waals surface area contributed by atoms with Crippen molar-refractivity contribution in [3.63, 3.8) is 0 Å². The van der Waals surface area contributed by atoms with Gasteiger partial charge in [0.15, 0.2) is 5.78 Å². The van der Waals surface area contributed by atoms with Crippen LogP contribution in [0.2, 0.25) is 0 Å². The predicted octanol–water partition coefficient (Wildman–Crippen LogP) is 4.65. The van der Waals surface area contributed by atoms with Crippen LogP contribution in [0.3, 0.4) is 0 Å². The van der Waals surface area contributed by atoms with Crippen LogP contribution in [-0.2, 0) is 4.79 Å². The monoisotopic (exact) mass is 240 g/mol. The Labute approximate surface area is 106 Å². The Bertz CT molecular complexity index is 309. The van der Waals surface area contributed by atoms with Crippen LogP contribution in [0.4, 0.5) is 0 Å². The number of ketones is 1. The number of carbonyl (C=O) groups is 1. The van der Waals surface area contributed by atoms with Gasteiger partial charge in [-0.3, -0.25) is 4.79 Å². The molecule has 0 unspecified atom stereocenters. The first kappa shape index (κ1) is 16.2. The molecule has 0 aliphatic rings. The molecule has 0 atom stereocenters. The van der Waals surface area contributed by atoms with Crippen LogP contribution in [-0.4, -0.2) is 10.9 Å². The first-order valence-electron chi connectivity index (χ1n) is 6.61. The lowest BCUT2D eigenvalue weighted by Crippen LogP contribution is -2.28. The van der Waals surface area contributed by atoms with E-state index in [0.717, 1.165) is 12.8 Å². The third-order valence-electron chi connectivity index (χ3n) is 3.94. The molecule has 2 heteroatoms. The molecule has 100 valence electrons. The zero-order valence-corrected chi connectivity index (χ0v) is 12.5. The van der Waals surface area contributed by atoms with Gasteiger partial charge in [0, 0.05) is 16.4 Å². The smallest absolute Gasteiger partial charge is 0.167 e. The molecule has 0 radical (unpaired) electrons. The second kappa shape index (κ2) is 5.70. The summed E-state index contributed by atoms with van der Waals surface area (Å²) in [6.07, 6.45) is 2.20. The van der Waals surface area contributed by atoms with Gasteiger partial charge in [-0.2, -0.15) is 0 Å². The van der Waals surface area contributed by atoms with Crippen molar-refractivity contribution in [2.75, 3.05) is 0 Å². The minimum Gasteiger partial charge on any atom is -0.511 e. The van der Waals surface area contributed by atoms with E-state index >= 15 is 0 Å². The summed E-state index contributed by atoms with van der Waals surface area (Å²) in [6.45, 7) is 13.8. The van der Waals surface area contributed by atoms with E-state index in [1.165, 1.54) is 0 Å². The summed E-state index contributed by atoms with van der Waals surface area (Å²) < 4.78 is 0. The van der Waals surface area contributed by atoms with Crippen molar-refractivity contribution in [3.8, 4) is 0 Å². The number of allylic oxidation sites excluding steroid dienone is 2. The highest BCUT2D eigenvalue weighted by Crippen LogP contribution is 2.35. The second-order valence-corrected chi connectivity index (χ2v) is 5.98. The molecule has 0 aromatic carbocycles. The highest BCUT2D eigenvalue weighted by Gasteiger charge is 2.33. The van der Waals surface area contributed by atoms with Gasteiger partial charge in [0.05, 0.1) is 0 Å². The van der Waals surface area contributed by atoms with Crippen LogP contribution in [0, 0.1) is 10.8 Å². The molecule has 0 heterocycles. The molecule has 0 fully saturated rings. The molecule has 17 heavy (non-hydrogen) atoms. The van der Waals surface area contributed by atoms with Crippen molar-refractivity contribution in [2.24, 2.45) is 10.8 Å². The van der Waals surface area contributed by atoms with Crippen LogP contribution in [0.5, 0.6) is 0 Å². The Morgan fingerprint density at radius 1 is 0.941 bits per heavy atom. The largest absolute Gasteiger partial charge is 0.511 e. The van der Waals surface area contributed by atoms with Gasteiger partial charge >= 0.3 is 0 Å². The molecule has 1 N–H and O–H groups in total. The molecular formula is C15H28O2. The molecule has 0 amide bonds. The minimum absolute atomic E-state index is 0.0847. The fraction of sp³-hybridized carbons (Fsp3) is 0.800. The van der Waals surface area contributed by atoms with Crippen LogP contribution in [0.1, 0.15) is 67.7 Å². The first-order chi connectivity index (χ1) is 7.64. The fourth-order valence-corrected chi connectivity index (χ4v) is 1.58. The van der Waals surface area contributed by atoms with Crippen molar-refractivity contribution >= 4 is 5.78 Å². The van der Waals surface area contributed by atoms with Crippen LogP contribution in [0.25, 0.3) is 0 Å². The Kier molecular flexibility index (Phi) is 5.44. The maximum Gasteiger partial charge on any atom is 0.167 e. The minimum atomic E-state index is -0.386. The number of aliphatic hydroxyl groups excluding tert-OH is 1. The number of carbonyl (C=O) groups excluding carboxylic acids is 1. The summed E-state index contributed by atoms with van der Waals surface area (Å²) in [6, 6.07) is 0. The summed E-state index contributed by atoms with van der Waals surface area (Å²) in [5, 5.41) is 10.3. The SMILES string of the molecule is CCC(C(=O)C(C)(C)CC)=C(O)C(C)(C)CC. The molecule has 0 saturated carbocycles. The van der Waals surface area contributed by atoms with Crippen LogP contribution in [0.15, 0.2) is 11.3 Å². The summed E-state index contributed by atoms with van der Waals surface area (Å²) in [5.41, 5.74) is -0.0998. The zero-order chi connectivity index (χ0) is 13.9. The molecule has 0 saturated heterocycles. The Balaban J connectivity index is 5.49. The van der Waals surface area contributed by atoms with Crippen LogP contribution < -0.4 is 0 Å². The Hall–Kier alpha value is -0.790. The highest BCUT2D eigenvalue weighted by atomic mass is 16.3. The molecule has 0 aliphatic carbocycles. The quantitative estimate of drug-likeness (QED) is 0.542. The normalized spacial score (nSPS) is 14.5. The molecule has 0 aromatic heterocycles. The van der Waals surface area contributed by atoms with E-state index in [0.29, 0.717) is 12.0 Å². The van der Waals surface area contributed by atoms with Crippen molar-refractivity contribution in [2.45, 2.75) is 67.7 Å². The summed E-state index contributed by atoms with van der Waals surface area (Å²) >= 11 is 0. The van der Waals surface area contributed by atoms with Gasteiger partial charge in [0.1, 0.15) is 5.76 Å². The van der Waals surface area contributed by atoms with Crippen molar-refractivity contribution < 1.29 is 9.90 Å². The Morgan fingerprint density at radius 3 is 1.65 bits per heavy atom. The van der Waals surface area contributed by atoms with E-state index in [-0.39, 0.29) is 22.4 Å². The van der Waals surface area contributed by atoms with E-state index in [2.05, 4.69) is 0 Å². The average Bonchev–Trinajstić information content (AvgIpc) is 2.29. The van der Waals surface area contributed by atoms with Crippen molar-refractivity contribution in [1.29, 1.82) is 0 Å².